The largest absolute Gasteiger partial charge is 0.350 e. The summed E-state index contributed by atoms with van der Waals surface area (Å²) < 4.78 is 28.3. The van der Waals surface area contributed by atoms with Gasteiger partial charge in [-0.25, -0.2) is 13.1 Å². The molecule has 0 radical (unpaired) electrons. The smallest absolute Gasteiger partial charge is 0.261 e. The molecule has 1 aliphatic rings. The van der Waals surface area contributed by atoms with E-state index in [9.17, 15) is 13.2 Å². The first kappa shape index (κ1) is 20.6. The topological polar surface area (TPSA) is 78.5 Å². The van der Waals surface area contributed by atoms with Crippen molar-refractivity contribution in [1.82, 2.24) is 14.9 Å². The Morgan fingerprint density at radius 3 is 2.48 bits per heavy atom. The van der Waals surface area contributed by atoms with Gasteiger partial charge in [0.05, 0.1) is 14.5 Å². The maximum Gasteiger partial charge on any atom is 0.261 e. The second kappa shape index (κ2) is 8.81. The van der Waals surface area contributed by atoms with Gasteiger partial charge >= 0.3 is 0 Å². The summed E-state index contributed by atoms with van der Waals surface area (Å²) in [6.07, 6.45) is 1.62. The third-order valence-electron chi connectivity index (χ3n) is 4.47. The number of hydrogen-bond acceptors (Lipinski definition) is 5. The number of nitrogens with one attached hydrogen (secondary N) is 2. The third-order valence-corrected chi connectivity index (χ3v) is 7.59. The standard InChI is InChI=1S/C16H26ClN3O3S2/c1-11(2)20-8-6-13(7-9-20)19-25(22,23)12(3)10-18-16(21)14-4-5-15(17)24-14/h4-5,11-13,19H,6-10H2,1-3H3,(H,18,21). The number of amides is 1. The molecule has 1 aliphatic heterocycles. The molecule has 1 atom stereocenters. The van der Waals surface area contributed by atoms with Gasteiger partial charge in [-0.3, -0.25) is 4.79 Å². The fraction of sp³-hybridized carbons (Fsp3) is 0.688. The minimum Gasteiger partial charge on any atom is -0.350 e. The summed E-state index contributed by atoms with van der Waals surface area (Å²) in [7, 11) is -3.48. The van der Waals surface area contributed by atoms with Crippen LogP contribution in [0.5, 0.6) is 0 Å². The first-order chi connectivity index (χ1) is 11.7. The molecule has 2 heterocycles. The number of carbonyl (C=O) groups excluding carboxylic acids is 1. The molecule has 1 fully saturated rings. The molecule has 6 nitrogen and oxygen atoms in total. The van der Waals surface area contributed by atoms with Crippen LogP contribution < -0.4 is 10.0 Å². The van der Waals surface area contributed by atoms with Gasteiger partial charge in [-0.05, 0) is 58.8 Å². The summed E-state index contributed by atoms with van der Waals surface area (Å²) in [6.45, 7) is 7.76. The fourth-order valence-electron chi connectivity index (χ4n) is 2.75. The Kier molecular flexibility index (Phi) is 7.28. The summed E-state index contributed by atoms with van der Waals surface area (Å²) in [5.74, 6) is -0.302. The first-order valence-corrected chi connectivity index (χ1v) is 11.2. The zero-order valence-electron chi connectivity index (χ0n) is 14.8. The molecule has 1 aromatic heterocycles. The first-order valence-electron chi connectivity index (χ1n) is 8.47. The molecule has 0 aromatic carbocycles. The summed E-state index contributed by atoms with van der Waals surface area (Å²) >= 11 is 6.98. The van der Waals surface area contributed by atoms with E-state index in [1.165, 1.54) is 11.3 Å². The van der Waals surface area contributed by atoms with Crippen molar-refractivity contribution in [2.75, 3.05) is 19.6 Å². The number of halogens is 1. The lowest BCUT2D eigenvalue weighted by atomic mass is 10.1. The van der Waals surface area contributed by atoms with E-state index in [2.05, 4.69) is 28.8 Å². The van der Waals surface area contributed by atoms with E-state index < -0.39 is 15.3 Å². The van der Waals surface area contributed by atoms with Crippen LogP contribution in [0, 0.1) is 0 Å². The van der Waals surface area contributed by atoms with Gasteiger partial charge in [0, 0.05) is 18.6 Å². The number of rotatable bonds is 7. The highest BCUT2D eigenvalue weighted by atomic mass is 35.5. The molecule has 9 heteroatoms. The van der Waals surface area contributed by atoms with E-state index in [4.69, 9.17) is 11.6 Å². The van der Waals surface area contributed by atoms with E-state index in [0.717, 1.165) is 25.9 Å². The number of thiophene rings is 1. The van der Waals surface area contributed by atoms with Crippen LogP contribution in [0.15, 0.2) is 12.1 Å². The monoisotopic (exact) mass is 407 g/mol. The Hall–Kier alpha value is -0.670. The van der Waals surface area contributed by atoms with Crippen LogP contribution in [0.1, 0.15) is 43.3 Å². The molecule has 2 N–H and O–H groups in total. The lowest BCUT2D eigenvalue weighted by Crippen LogP contribution is -2.49. The fourth-order valence-corrected chi connectivity index (χ4v) is 4.95. The second-order valence-corrected chi connectivity index (χ2v) is 10.5. The van der Waals surface area contributed by atoms with Gasteiger partial charge in [0.15, 0.2) is 0 Å². The van der Waals surface area contributed by atoms with Crippen molar-refractivity contribution in [2.24, 2.45) is 0 Å². The average Bonchev–Trinajstić information content (AvgIpc) is 2.99. The summed E-state index contributed by atoms with van der Waals surface area (Å²) in [6, 6.07) is 3.72. The highest BCUT2D eigenvalue weighted by Crippen LogP contribution is 2.21. The number of likely N-dealkylation sites (tertiary alicyclic amines) is 1. The average molecular weight is 408 g/mol. The maximum atomic E-state index is 12.5. The molecule has 1 aromatic rings. The molecule has 2 rings (SSSR count). The van der Waals surface area contributed by atoms with Crippen LogP contribution in [0.25, 0.3) is 0 Å². The summed E-state index contributed by atoms with van der Waals surface area (Å²) in [5.41, 5.74) is 0. The molecule has 0 saturated carbocycles. The minimum absolute atomic E-state index is 0.0331. The predicted molar refractivity (Wildman–Crippen MR) is 103 cm³/mol. The Labute approximate surface area is 159 Å². The minimum atomic E-state index is -3.48. The number of carbonyl (C=O) groups is 1. The van der Waals surface area contributed by atoms with Gasteiger partial charge in [0.25, 0.3) is 5.91 Å². The lowest BCUT2D eigenvalue weighted by Gasteiger charge is -2.35. The van der Waals surface area contributed by atoms with Crippen LogP contribution in [0.2, 0.25) is 4.34 Å². The molecule has 0 spiro atoms. The molecule has 1 amide bonds. The number of piperidine rings is 1. The third kappa shape index (κ3) is 5.92. The molecule has 1 unspecified atom stereocenters. The molecule has 0 aliphatic carbocycles. The SMILES string of the molecule is CC(C)N1CCC(NS(=O)(=O)C(C)CNC(=O)c2ccc(Cl)s2)CC1. The van der Waals surface area contributed by atoms with Crippen molar-refractivity contribution in [3.63, 3.8) is 0 Å². The van der Waals surface area contributed by atoms with Crippen molar-refractivity contribution < 1.29 is 13.2 Å². The van der Waals surface area contributed by atoms with E-state index in [-0.39, 0.29) is 18.5 Å². The van der Waals surface area contributed by atoms with E-state index in [0.29, 0.717) is 15.3 Å². The molecular formula is C16H26ClN3O3S2. The van der Waals surface area contributed by atoms with Crippen molar-refractivity contribution in [2.45, 2.75) is 50.9 Å². The van der Waals surface area contributed by atoms with Crippen LogP contribution in [-0.4, -0.2) is 56.2 Å². The number of nitrogens with zero attached hydrogens (tertiary/aromatic N) is 1. The number of hydrogen-bond donors (Lipinski definition) is 2. The van der Waals surface area contributed by atoms with Gasteiger partial charge in [-0.15, -0.1) is 11.3 Å². The Morgan fingerprint density at radius 1 is 1.32 bits per heavy atom. The van der Waals surface area contributed by atoms with Gasteiger partial charge in [-0.2, -0.15) is 0 Å². The quantitative estimate of drug-likeness (QED) is 0.727. The summed E-state index contributed by atoms with van der Waals surface area (Å²) in [4.78, 5) is 14.8. The van der Waals surface area contributed by atoms with Crippen molar-refractivity contribution >= 4 is 38.9 Å². The van der Waals surface area contributed by atoms with Crippen LogP contribution >= 0.6 is 22.9 Å². The second-order valence-electron chi connectivity index (χ2n) is 6.69. The van der Waals surface area contributed by atoms with Gasteiger partial charge in [0.1, 0.15) is 0 Å². The lowest BCUT2D eigenvalue weighted by molar-refractivity contribution is 0.0958. The highest BCUT2D eigenvalue weighted by molar-refractivity contribution is 7.90. The molecule has 25 heavy (non-hydrogen) atoms. The van der Waals surface area contributed by atoms with Gasteiger partial charge in [-0.1, -0.05) is 11.6 Å². The van der Waals surface area contributed by atoms with Gasteiger partial charge in [0.2, 0.25) is 10.0 Å². The molecule has 142 valence electrons. The predicted octanol–water partition coefficient (Wildman–Crippen LogP) is 2.31. The zero-order chi connectivity index (χ0) is 18.6. The zero-order valence-corrected chi connectivity index (χ0v) is 17.2. The van der Waals surface area contributed by atoms with E-state index >= 15 is 0 Å². The van der Waals surface area contributed by atoms with Crippen LogP contribution in [0.4, 0.5) is 0 Å². The molecule has 0 bridgehead atoms. The maximum absolute atomic E-state index is 12.5. The van der Waals surface area contributed by atoms with E-state index in [1.54, 1.807) is 19.1 Å². The Bertz CT molecular complexity index is 683. The van der Waals surface area contributed by atoms with Crippen molar-refractivity contribution in [1.29, 1.82) is 0 Å². The van der Waals surface area contributed by atoms with Gasteiger partial charge < -0.3 is 10.2 Å². The normalized spacial score (nSPS) is 18.4. The van der Waals surface area contributed by atoms with Crippen molar-refractivity contribution in [3.05, 3.63) is 21.3 Å². The van der Waals surface area contributed by atoms with E-state index in [1.807, 2.05) is 0 Å². The Balaban J connectivity index is 1.82. The van der Waals surface area contributed by atoms with Crippen LogP contribution in [0.3, 0.4) is 0 Å². The number of sulfonamides is 1. The Morgan fingerprint density at radius 2 is 1.96 bits per heavy atom. The van der Waals surface area contributed by atoms with Crippen LogP contribution in [-0.2, 0) is 10.0 Å². The molecule has 1 saturated heterocycles. The molecular weight excluding hydrogens is 382 g/mol. The summed E-state index contributed by atoms with van der Waals surface area (Å²) in [5, 5.41) is 1.96. The van der Waals surface area contributed by atoms with Crippen molar-refractivity contribution in [3.8, 4) is 0 Å². The highest BCUT2D eigenvalue weighted by Gasteiger charge is 2.28.